The lowest BCUT2D eigenvalue weighted by atomic mass is 10.00. The van der Waals surface area contributed by atoms with Crippen molar-refractivity contribution in [3.05, 3.63) is 75.3 Å². The number of ether oxygens (including phenoxy) is 1. The Morgan fingerprint density at radius 2 is 1.77 bits per heavy atom. The van der Waals surface area contributed by atoms with Crippen LogP contribution in [-0.4, -0.2) is 43.9 Å². The zero-order valence-electron chi connectivity index (χ0n) is 19.7. The highest BCUT2D eigenvalue weighted by molar-refractivity contribution is 6.42. The predicted molar refractivity (Wildman–Crippen MR) is 137 cm³/mol. The molecule has 0 saturated carbocycles. The second-order valence-corrected chi connectivity index (χ2v) is 9.22. The molecule has 188 valence electrons. The van der Waals surface area contributed by atoms with Gasteiger partial charge in [0.15, 0.2) is 11.8 Å². The summed E-state index contributed by atoms with van der Waals surface area (Å²) in [5, 5.41) is 29.9. The number of carboxylic acid groups (broad SMARTS) is 1. The van der Waals surface area contributed by atoms with E-state index in [1.165, 1.54) is 16.7 Å². The van der Waals surface area contributed by atoms with Crippen LogP contribution in [0.2, 0.25) is 10.0 Å². The lowest BCUT2D eigenvalue weighted by Gasteiger charge is -2.31. The maximum absolute atomic E-state index is 11.7. The van der Waals surface area contributed by atoms with Crippen LogP contribution in [0.5, 0.6) is 17.5 Å². The Bertz CT molecular complexity index is 1150. The molecule has 7 nitrogen and oxygen atoms in total. The molecule has 0 fully saturated rings. The highest BCUT2D eigenvalue weighted by Crippen LogP contribution is 2.32. The molecule has 0 aliphatic heterocycles. The molecule has 0 radical (unpaired) electrons. The van der Waals surface area contributed by atoms with Gasteiger partial charge in [0.2, 0.25) is 0 Å². The summed E-state index contributed by atoms with van der Waals surface area (Å²) in [6.07, 6.45) is 0.800. The number of rotatable bonds is 12. The van der Waals surface area contributed by atoms with E-state index in [1.54, 1.807) is 12.1 Å². The van der Waals surface area contributed by atoms with Gasteiger partial charge in [0.25, 0.3) is 0 Å². The van der Waals surface area contributed by atoms with Crippen molar-refractivity contribution in [3.63, 3.8) is 0 Å². The van der Waals surface area contributed by atoms with E-state index < -0.39 is 5.97 Å². The SMILES string of the molecule is CCCN(Cc1ccc(OCCn2c(O)ccc2O)c(C)c1)C(CC(=O)O)c1ccc(Cl)c(Cl)c1. The number of halogens is 2. The molecular formula is C26H30Cl2N2O5. The van der Waals surface area contributed by atoms with Gasteiger partial charge < -0.3 is 20.1 Å². The van der Waals surface area contributed by atoms with E-state index in [1.807, 2.05) is 31.2 Å². The standard InChI is InChI=1S/C26H30Cl2N2O5/c1-3-10-29(22(15-26(33)34)19-5-6-20(27)21(28)14-19)16-18-4-7-23(17(2)13-18)35-12-11-30-24(31)8-9-25(30)32/h4-9,13-14,22,31-32H,3,10-12,15-16H2,1-2H3,(H,33,34). The molecule has 2 aromatic carbocycles. The van der Waals surface area contributed by atoms with Gasteiger partial charge in [0.05, 0.1) is 23.0 Å². The van der Waals surface area contributed by atoms with Gasteiger partial charge in [0, 0.05) is 24.7 Å². The maximum Gasteiger partial charge on any atom is 0.305 e. The minimum absolute atomic E-state index is 0.0212. The summed E-state index contributed by atoms with van der Waals surface area (Å²) in [4.78, 5) is 13.8. The van der Waals surface area contributed by atoms with E-state index in [0.717, 1.165) is 23.1 Å². The molecule has 9 heteroatoms. The van der Waals surface area contributed by atoms with Crippen LogP contribution < -0.4 is 4.74 Å². The van der Waals surface area contributed by atoms with Crippen molar-refractivity contribution < 1.29 is 24.9 Å². The largest absolute Gasteiger partial charge is 0.494 e. The molecule has 0 bridgehead atoms. The number of benzene rings is 2. The van der Waals surface area contributed by atoms with Crippen LogP contribution in [0.15, 0.2) is 48.5 Å². The molecule has 1 aromatic heterocycles. The highest BCUT2D eigenvalue weighted by Gasteiger charge is 2.24. The number of hydrogen-bond acceptors (Lipinski definition) is 5. The number of aromatic nitrogens is 1. The van der Waals surface area contributed by atoms with E-state index in [-0.39, 0.29) is 30.8 Å². The predicted octanol–water partition coefficient (Wildman–Crippen LogP) is 6.02. The van der Waals surface area contributed by atoms with Crippen molar-refractivity contribution in [1.82, 2.24) is 9.47 Å². The third-order valence-electron chi connectivity index (χ3n) is 5.78. The zero-order valence-corrected chi connectivity index (χ0v) is 21.3. The molecule has 3 aromatic rings. The lowest BCUT2D eigenvalue weighted by Crippen LogP contribution is -2.31. The molecular weight excluding hydrogens is 491 g/mol. The van der Waals surface area contributed by atoms with Crippen LogP contribution >= 0.6 is 23.2 Å². The summed E-state index contributed by atoms with van der Waals surface area (Å²) in [5.74, 6) is -0.227. The number of aliphatic carboxylic acids is 1. The average molecular weight is 521 g/mol. The van der Waals surface area contributed by atoms with Gasteiger partial charge in [-0.2, -0.15) is 0 Å². The summed E-state index contributed by atoms with van der Waals surface area (Å²) in [7, 11) is 0. The second-order valence-electron chi connectivity index (χ2n) is 8.41. The molecule has 35 heavy (non-hydrogen) atoms. The van der Waals surface area contributed by atoms with Crippen molar-refractivity contribution in [3.8, 4) is 17.5 Å². The minimum atomic E-state index is -0.887. The van der Waals surface area contributed by atoms with Gasteiger partial charge in [-0.15, -0.1) is 0 Å². The maximum atomic E-state index is 11.7. The van der Waals surface area contributed by atoms with Crippen LogP contribution in [0, 0.1) is 6.92 Å². The average Bonchev–Trinajstić information content (AvgIpc) is 3.12. The first-order valence-electron chi connectivity index (χ1n) is 11.4. The number of aryl methyl sites for hydroxylation is 1. The summed E-state index contributed by atoms with van der Waals surface area (Å²) >= 11 is 12.3. The normalized spacial score (nSPS) is 12.1. The zero-order chi connectivity index (χ0) is 25.5. The Balaban J connectivity index is 1.74. The van der Waals surface area contributed by atoms with Gasteiger partial charge in [-0.1, -0.05) is 48.3 Å². The molecule has 3 N–H and O–H groups in total. The molecule has 3 rings (SSSR count). The van der Waals surface area contributed by atoms with Crippen LogP contribution in [0.4, 0.5) is 0 Å². The molecule has 1 heterocycles. The van der Waals surface area contributed by atoms with Crippen molar-refractivity contribution in [2.45, 2.75) is 45.8 Å². The third-order valence-corrected chi connectivity index (χ3v) is 6.52. The van der Waals surface area contributed by atoms with Crippen molar-refractivity contribution in [2.24, 2.45) is 0 Å². The number of carboxylic acids is 1. The van der Waals surface area contributed by atoms with Crippen molar-refractivity contribution >= 4 is 29.2 Å². The number of nitrogens with zero attached hydrogens (tertiary/aromatic N) is 2. The van der Waals surface area contributed by atoms with Crippen LogP contribution in [0.25, 0.3) is 0 Å². The monoisotopic (exact) mass is 520 g/mol. The first-order valence-corrected chi connectivity index (χ1v) is 12.2. The van der Waals surface area contributed by atoms with Gasteiger partial charge in [-0.25, -0.2) is 0 Å². The van der Waals surface area contributed by atoms with Crippen LogP contribution in [0.1, 0.15) is 42.5 Å². The summed E-state index contributed by atoms with van der Waals surface area (Å²) in [6, 6.07) is 13.6. The molecule has 0 aliphatic carbocycles. The van der Waals surface area contributed by atoms with Crippen LogP contribution in [-0.2, 0) is 17.9 Å². The first-order chi connectivity index (χ1) is 16.7. The summed E-state index contributed by atoms with van der Waals surface area (Å²) in [6.45, 7) is 5.84. The van der Waals surface area contributed by atoms with Crippen molar-refractivity contribution in [2.75, 3.05) is 13.2 Å². The van der Waals surface area contributed by atoms with Gasteiger partial charge in [-0.05, 0) is 54.8 Å². The van der Waals surface area contributed by atoms with E-state index in [2.05, 4.69) is 11.8 Å². The smallest absolute Gasteiger partial charge is 0.305 e. The highest BCUT2D eigenvalue weighted by atomic mass is 35.5. The fourth-order valence-electron chi connectivity index (χ4n) is 4.10. The second kappa shape index (κ2) is 12.2. The Labute approximate surface area is 215 Å². The fourth-order valence-corrected chi connectivity index (χ4v) is 4.41. The summed E-state index contributed by atoms with van der Waals surface area (Å²) < 4.78 is 7.22. The molecule has 1 atom stereocenters. The van der Waals surface area contributed by atoms with E-state index >= 15 is 0 Å². The van der Waals surface area contributed by atoms with E-state index in [4.69, 9.17) is 27.9 Å². The van der Waals surface area contributed by atoms with Crippen molar-refractivity contribution in [1.29, 1.82) is 0 Å². The first kappa shape index (κ1) is 26.7. The topological polar surface area (TPSA) is 95.2 Å². The van der Waals surface area contributed by atoms with Crippen LogP contribution in [0.3, 0.4) is 0 Å². The number of hydrogen-bond donors (Lipinski definition) is 3. The Kier molecular flexibility index (Phi) is 9.32. The van der Waals surface area contributed by atoms with E-state index in [0.29, 0.717) is 35.4 Å². The van der Waals surface area contributed by atoms with Gasteiger partial charge >= 0.3 is 5.97 Å². The summed E-state index contributed by atoms with van der Waals surface area (Å²) in [5.41, 5.74) is 2.77. The molecule has 1 unspecified atom stereocenters. The van der Waals surface area contributed by atoms with E-state index in [9.17, 15) is 20.1 Å². The number of carbonyl (C=O) groups is 1. The molecule has 0 amide bonds. The number of aromatic hydroxyl groups is 2. The Morgan fingerprint density at radius 1 is 1.06 bits per heavy atom. The molecule has 0 spiro atoms. The molecule has 0 saturated heterocycles. The Hall–Kier alpha value is -2.87. The van der Waals surface area contributed by atoms with Gasteiger partial charge in [-0.3, -0.25) is 14.3 Å². The quantitative estimate of drug-likeness (QED) is 0.270. The Morgan fingerprint density at radius 3 is 2.37 bits per heavy atom. The molecule has 0 aliphatic rings. The van der Waals surface area contributed by atoms with Gasteiger partial charge in [0.1, 0.15) is 12.4 Å². The minimum Gasteiger partial charge on any atom is -0.494 e. The fraction of sp³-hybridized carbons (Fsp3) is 0.346. The lowest BCUT2D eigenvalue weighted by molar-refractivity contribution is -0.138. The third kappa shape index (κ3) is 7.07.